The van der Waals surface area contributed by atoms with Gasteiger partial charge in [0.15, 0.2) is 0 Å². The van der Waals surface area contributed by atoms with Crippen LogP contribution in [-0.4, -0.2) is 24.6 Å². The molecule has 1 aromatic rings. The third kappa shape index (κ3) is 3.54. The van der Waals surface area contributed by atoms with Crippen molar-refractivity contribution in [1.29, 1.82) is 0 Å². The van der Waals surface area contributed by atoms with Crippen LogP contribution in [0.4, 0.5) is 0 Å². The number of hydrogen-bond donors (Lipinski definition) is 2. The number of nitrogens with zero attached hydrogens (tertiary/aromatic N) is 1. The van der Waals surface area contributed by atoms with Crippen molar-refractivity contribution >= 4 is 11.3 Å². The van der Waals surface area contributed by atoms with Gasteiger partial charge in [-0.3, -0.25) is 0 Å². The van der Waals surface area contributed by atoms with Gasteiger partial charge in [-0.25, -0.2) is 4.98 Å². The fourth-order valence-corrected chi connectivity index (χ4v) is 2.44. The van der Waals surface area contributed by atoms with Crippen molar-refractivity contribution in [2.75, 3.05) is 19.6 Å². The van der Waals surface area contributed by atoms with Gasteiger partial charge in [-0.1, -0.05) is 0 Å². The molecule has 1 aromatic heterocycles. The predicted octanol–water partition coefficient (Wildman–Crippen LogP) is 1.97. The SMILES string of the molecule is CC(C)(NCCNCC1CC1)c1nccs1. The van der Waals surface area contributed by atoms with Gasteiger partial charge in [-0.2, -0.15) is 0 Å². The van der Waals surface area contributed by atoms with Crippen LogP contribution in [0.15, 0.2) is 11.6 Å². The van der Waals surface area contributed by atoms with E-state index in [1.54, 1.807) is 11.3 Å². The molecular formula is C12H21N3S. The molecule has 1 aliphatic carbocycles. The summed E-state index contributed by atoms with van der Waals surface area (Å²) >= 11 is 1.71. The highest BCUT2D eigenvalue weighted by atomic mass is 32.1. The van der Waals surface area contributed by atoms with E-state index in [0.717, 1.165) is 24.0 Å². The van der Waals surface area contributed by atoms with E-state index in [1.807, 2.05) is 11.6 Å². The summed E-state index contributed by atoms with van der Waals surface area (Å²) in [4.78, 5) is 4.36. The van der Waals surface area contributed by atoms with Crippen molar-refractivity contribution < 1.29 is 0 Å². The highest BCUT2D eigenvalue weighted by Gasteiger charge is 2.22. The molecule has 1 saturated carbocycles. The summed E-state index contributed by atoms with van der Waals surface area (Å²) in [5.41, 5.74) is -0.00454. The first-order valence-electron chi connectivity index (χ1n) is 6.04. The Morgan fingerprint density at radius 3 is 2.88 bits per heavy atom. The van der Waals surface area contributed by atoms with Crippen molar-refractivity contribution in [2.45, 2.75) is 32.2 Å². The van der Waals surface area contributed by atoms with Crippen molar-refractivity contribution in [2.24, 2.45) is 5.92 Å². The lowest BCUT2D eigenvalue weighted by atomic mass is 10.1. The van der Waals surface area contributed by atoms with Crippen LogP contribution in [0.5, 0.6) is 0 Å². The summed E-state index contributed by atoms with van der Waals surface area (Å²) in [5.74, 6) is 0.965. The van der Waals surface area contributed by atoms with Crippen LogP contribution in [-0.2, 0) is 5.54 Å². The van der Waals surface area contributed by atoms with E-state index in [2.05, 4.69) is 29.5 Å². The van der Waals surface area contributed by atoms with Crippen molar-refractivity contribution in [1.82, 2.24) is 15.6 Å². The zero-order valence-corrected chi connectivity index (χ0v) is 10.9. The number of nitrogens with one attached hydrogen (secondary N) is 2. The molecule has 0 radical (unpaired) electrons. The molecule has 0 aliphatic heterocycles. The maximum Gasteiger partial charge on any atom is 0.112 e. The molecule has 2 N–H and O–H groups in total. The molecule has 0 unspecified atom stereocenters. The van der Waals surface area contributed by atoms with Crippen LogP contribution in [0.1, 0.15) is 31.7 Å². The highest BCUT2D eigenvalue weighted by Crippen LogP contribution is 2.27. The Morgan fingerprint density at radius 2 is 2.25 bits per heavy atom. The largest absolute Gasteiger partial charge is 0.315 e. The average molecular weight is 239 g/mol. The molecule has 4 heteroatoms. The molecular weight excluding hydrogens is 218 g/mol. The van der Waals surface area contributed by atoms with E-state index in [0.29, 0.717) is 0 Å². The molecule has 90 valence electrons. The predicted molar refractivity (Wildman–Crippen MR) is 68.7 cm³/mol. The fourth-order valence-electron chi connectivity index (χ4n) is 1.70. The summed E-state index contributed by atoms with van der Waals surface area (Å²) in [6.07, 6.45) is 4.71. The molecule has 0 saturated heterocycles. The molecule has 1 fully saturated rings. The number of aromatic nitrogens is 1. The molecule has 0 aromatic carbocycles. The fraction of sp³-hybridized carbons (Fsp3) is 0.750. The Balaban J connectivity index is 1.63. The summed E-state index contributed by atoms with van der Waals surface area (Å²) in [6.45, 7) is 7.61. The minimum Gasteiger partial charge on any atom is -0.315 e. The normalized spacial score (nSPS) is 16.6. The van der Waals surface area contributed by atoms with E-state index in [4.69, 9.17) is 0 Å². The van der Waals surface area contributed by atoms with Gasteiger partial charge in [-0.05, 0) is 39.2 Å². The lowest BCUT2D eigenvalue weighted by Gasteiger charge is -2.24. The summed E-state index contributed by atoms with van der Waals surface area (Å²) in [5, 5.41) is 10.2. The van der Waals surface area contributed by atoms with Crippen molar-refractivity contribution in [3.05, 3.63) is 16.6 Å². The van der Waals surface area contributed by atoms with Gasteiger partial charge in [0.2, 0.25) is 0 Å². The average Bonchev–Trinajstić information content (AvgIpc) is 2.89. The molecule has 1 heterocycles. The van der Waals surface area contributed by atoms with Gasteiger partial charge in [0, 0.05) is 24.7 Å². The van der Waals surface area contributed by atoms with E-state index in [-0.39, 0.29) is 5.54 Å². The first-order chi connectivity index (χ1) is 7.68. The second kappa shape index (κ2) is 5.25. The van der Waals surface area contributed by atoms with Gasteiger partial charge < -0.3 is 10.6 Å². The lowest BCUT2D eigenvalue weighted by molar-refractivity contribution is 0.397. The minimum atomic E-state index is -0.00454. The Kier molecular flexibility index (Phi) is 3.95. The Labute approximate surface area is 102 Å². The molecule has 0 spiro atoms. The maximum atomic E-state index is 4.36. The van der Waals surface area contributed by atoms with Crippen molar-refractivity contribution in [3.63, 3.8) is 0 Å². The van der Waals surface area contributed by atoms with E-state index >= 15 is 0 Å². The number of rotatable bonds is 7. The lowest BCUT2D eigenvalue weighted by Crippen LogP contribution is -2.40. The van der Waals surface area contributed by atoms with Gasteiger partial charge in [0.25, 0.3) is 0 Å². The molecule has 0 atom stereocenters. The highest BCUT2D eigenvalue weighted by molar-refractivity contribution is 7.09. The van der Waals surface area contributed by atoms with Crippen LogP contribution in [0.2, 0.25) is 0 Å². The van der Waals surface area contributed by atoms with Crippen LogP contribution in [0.25, 0.3) is 0 Å². The van der Waals surface area contributed by atoms with Crippen LogP contribution in [0, 0.1) is 5.92 Å². The number of thiazole rings is 1. The first kappa shape index (κ1) is 12.0. The molecule has 1 aliphatic rings. The minimum absolute atomic E-state index is 0.00454. The quantitative estimate of drug-likeness (QED) is 0.714. The third-order valence-electron chi connectivity index (χ3n) is 2.97. The molecule has 0 amide bonds. The molecule has 2 rings (SSSR count). The molecule has 3 nitrogen and oxygen atoms in total. The van der Waals surface area contributed by atoms with E-state index in [1.165, 1.54) is 19.4 Å². The zero-order valence-electron chi connectivity index (χ0n) is 10.1. The van der Waals surface area contributed by atoms with Gasteiger partial charge in [0.1, 0.15) is 5.01 Å². The Hall–Kier alpha value is -0.450. The number of hydrogen-bond acceptors (Lipinski definition) is 4. The topological polar surface area (TPSA) is 37.0 Å². The second-order valence-electron chi connectivity index (χ2n) is 5.04. The Morgan fingerprint density at radius 1 is 1.44 bits per heavy atom. The standard InChI is InChI=1S/C12H21N3S/c1-12(2,11-14-7-8-16-11)15-6-5-13-9-10-3-4-10/h7-8,10,13,15H,3-6,9H2,1-2H3. The zero-order chi connectivity index (χ0) is 11.4. The van der Waals surface area contributed by atoms with Gasteiger partial charge >= 0.3 is 0 Å². The van der Waals surface area contributed by atoms with Crippen LogP contribution >= 0.6 is 11.3 Å². The smallest absolute Gasteiger partial charge is 0.112 e. The summed E-state index contributed by atoms with van der Waals surface area (Å²) in [6, 6.07) is 0. The summed E-state index contributed by atoms with van der Waals surface area (Å²) in [7, 11) is 0. The van der Waals surface area contributed by atoms with Crippen LogP contribution in [0.3, 0.4) is 0 Å². The molecule has 16 heavy (non-hydrogen) atoms. The Bertz CT molecular complexity index is 304. The first-order valence-corrected chi connectivity index (χ1v) is 6.92. The second-order valence-corrected chi connectivity index (χ2v) is 5.93. The molecule has 0 bridgehead atoms. The van der Waals surface area contributed by atoms with Gasteiger partial charge in [0.05, 0.1) is 5.54 Å². The monoisotopic (exact) mass is 239 g/mol. The van der Waals surface area contributed by atoms with Crippen LogP contribution < -0.4 is 10.6 Å². The van der Waals surface area contributed by atoms with Crippen molar-refractivity contribution in [3.8, 4) is 0 Å². The van der Waals surface area contributed by atoms with E-state index < -0.39 is 0 Å². The third-order valence-corrected chi connectivity index (χ3v) is 4.06. The summed E-state index contributed by atoms with van der Waals surface area (Å²) < 4.78 is 0. The van der Waals surface area contributed by atoms with E-state index in [9.17, 15) is 0 Å². The maximum absolute atomic E-state index is 4.36. The van der Waals surface area contributed by atoms with Gasteiger partial charge in [-0.15, -0.1) is 11.3 Å².